The topological polar surface area (TPSA) is 78.8 Å². The van der Waals surface area contributed by atoms with Crippen molar-refractivity contribution in [1.29, 1.82) is 0 Å². The molecule has 5 nitrogen and oxygen atoms in total. The van der Waals surface area contributed by atoms with Crippen molar-refractivity contribution in [3.8, 4) is 0 Å². The van der Waals surface area contributed by atoms with Gasteiger partial charge in [-0.15, -0.1) is 0 Å². The van der Waals surface area contributed by atoms with Crippen molar-refractivity contribution in [3.63, 3.8) is 0 Å². The largest absolute Gasteiger partial charge is 0.465 e. The van der Waals surface area contributed by atoms with E-state index in [9.17, 15) is 4.79 Å². The third kappa shape index (κ3) is 3.79. The first kappa shape index (κ1) is 10.2. The van der Waals surface area contributed by atoms with Crippen molar-refractivity contribution in [1.82, 2.24) is 5.32 Å². The van der Waals surface area contributed by atoms with Gasteiger partial charge in [-0.3, -0.25) is 0 Å². The molecule has 0 spiro atoms. The molecule has 0 aromatic carbocycles. The highest BCUT2D eigenvalue weighted by molar-refractivity contribution is 5.64. The molecule has 5 heteroatoms. The lowest BCUT2D eigenvalue weighted by molar-refractivity contribution is 0.0581. The van der Waals surface area contributed by atoms with E-state index in [0.717, 1.165) is 0 Å². The Hall–Kier alpha value is -0.810. The van der Waals surface area contributed by atoms with Crippen LogP contribution in [0.1, 0.15) is 6.92 Å². The van der Waals surface area contributed by atoms with Crippen LogP contribution in [0, 0.1) is 0 Å². The maximum atomic E-state index is 10.1. The first-order valence-electron chi connectivity index (χ1n) is 3.25. The summed E-state index contributed by atoms with van der Waals surface area (Å²) >= 11 is 0. The van der Waals surface area contributed by atoms with E-state index in [4.69, 9.17) is 14.9 Å². The average Bonchev–Trinajstić information content (AvgIpc) is 1.98. The van der Waals surface area contributed by atoms with Gasteiger partial charge in [0.1, 0.15) is 0 Å². The predicted molar refractivity (Wildman–Crippen MR) is 38.5 cm³/mol. The molecule has 0 saturated carbocycles. The number of carbonyl (C=O) groups is 1. The van der Waals surface area contributed by atoms with Crippen LogP contribution >= 0.6 is 0 Å². The van der Waals surface area contributed by atoms with Crippen LogP contribution in [0.4, 0.5) is 4.79 Å². The van der Waals surface area contributed by atoms with Gasteiger partial charge in [-0.2, -0.15) is 0 Å². The van der Waals surface area contributed by atoms with Crippen LogP contribution in [0.5, 0.6) is 0 Å². The van der Waals surface area contributed by atoms with Gasteiger partial charge in [-0.05, 0) is 6.92 Å². The summed E-state index contributed by atoms with van der Waals surface area (Å²) < 4.78 is 4.82. The van der Waals surface area contributed by atoms with Gasteiger partial charge in [0.05, 0.1) is 18.8 Å². The van der Waals surface area contributed by atoms with Gasteiger partial charge in [0.15, 0.2) is 0 Å². The number of methoxy groups -OCH3 is 1. The molecule has 0 fully saturated rings. The molecule has 0 unspecified atom stereocenters. The lowest BCUT2D eigenvalue weighted by Crippen LogP contribution is -2.44. The molecule has 1 amide bonds. The molecule has 0 aliphatic carbocycles. The zero-order valence-electron chi connectivity index (χ0n) is 6.57. The maximum Gasteiger partial charge on any atom is 0.405 e. The molecule has 11 heavy (non-hydrogen) atoms. The second kappa shape index (κ2) is 4.92. The second-order valence-electron chi connectivity index (χ2n) is 2.18. The van der Waals surface area contributed by atoms with Crippen LogP contribution < -0.4 is 5.32 Å². The van der Waals surface area contributed by atoms with E-state index >= 15 is 0 Å². The monoisotopic (exact) mass is 163 g/mol. The highest BCUT2D eigenvalue weighted by Crippen LogP contribution is 1.95. The quantitative estimate of drug-likeness (QED) is 0.529. The fourth-order valence-corrected chi connectivity index (χ4v) is 0.634. The molecule has 0 radical (unpaired) electrons. The van der Waals surface area contributed by atoms with E-state index in [0.29, 0.717) is 0 Å². The number of rotatable bonds is 4. The van der Waals surface area contributed by atoms with Gasteiger partial charge < -0.3 is 20.3 Å². The van der Waals surface area contributed by atoms with Crippen LogP contribution in [-0.2, 0) is 4.74 Å². The molecule has 0 heterocycles. The van der Waals surface area contributed by atoms with Crippen LogP contribution in [0.3, 0.4) is 0 Å². The Morgan fingerprint density at radius 2 is 2.27 bits per heavy atom. The number of hydrogen-bond acceptors (Lipinski definition) is 3. The highest BCUT2D eigenvalue weighted by Gasteiger charge is 2.17. The zero-order valence-corrected chi connectivity index (χ0v) is 6.57. The number of nitrogens with one attached hydrogen (secondary N) is 1. The Kier molecular flexibility index (Phi) is 4.56. The number of carboxylic acid groups (broad SMARTS) is 1. The summed E-state index contributed by atoms with van der Waals surface area (Å²) in [5.74, 6) is 0. The number of ether oxygens (including phenoxy) is 1. The molecule has 0 aliphatic rings. The summed E-state index contributed by atoms with van der Waals surface area (Å²) in [5.41, 5.74) is 0. The van der Waals surface area contributed by atoms with Gasteiger partial charge in [-0.1, -0.05) is 0 Å². The van der Waals surface area contributed by atoms with Gasteiger partial charge in [0, 0.05) is 7.11 Å². The predicted octanol–water partition coefficient (Wildman–Crippen LogP) is -0.350. The van der Waals surface area contributed by atoms with Crippen LogP contribution in [0.25, 0.3) is 0 Å². The van der Waals surface area contributed by atoms with Gasteiger partial charge in [0.2, 0.25) is 0 Å². The van der Waals surface area contributed by atoms with E-state index in [2.05, 4.69) is 5.32 Å². The molecule has 0 aliphatic heterocycles. The van der Waals surface area contributed by atoms with Crippen molar-refractivity contribution in [2.45, 2.75) is 19.1 Å². The van der Waals surface area contributed by atoms with Crippen LogP contribution in [-0.4, -0.2) is 42.2 Å². The molecule has 2 atom stereocenters. The minimum absolute atomic E-state index is 0.263. The summed E-state index contributed by atoms with van der Waals surface area (Å²) in [5, 5.41) is 19.1. The van der Waals surface area contributed by atoms with Gasteiger partial charge in [0.25, 0.3) is 0 Å². The van der Waals surface area contributed by atoms with Crippen LogP contribution in [0.15, 0.2) is 0 Å². The Labute approximate surface area is 65.0 Å². The molecular weight excluding hydrogens is 150 g/mol. The third-order valence-electron chi connectivity index (χ3n) is 1.44. The number of aliphatic hydroxyl groups is 1. The average molecular weight is 163 g/mol. The molecule has 66 valence electrons. The van der Waals surface area contributed by atoms with Gasteiger partial charge in [-0.25, -0.2) is 4.79 Å². The lowest BCUT2D eigenvalue weighted by atomic mass is 10.2. The van der Waals surface area contributed by atoms with Crippen molar-refractivity contribution in [3.05, 3.63) is 0 Å². The Morgan fingerprint density at radius 3 is 2.55 bits per heavy atom. The number of hydrogen-bond donors (Lipinski definition) is 3. The SMILES string of the molecule is CO[C@H](C)[C@@H](CO)NC(=O)O. The third-order valence-corrected chi connectivity index (χ3v) is 1.44. The summed E-state index contributed by atoms with van der Waals surface area (Å²) in [7, 11) is 1.46. The highest BCUT2D eigenvalue weighted by atomic mass is 16.5. The zero-order chi connectivity index (χ0) is 8.85. The minimum atomic E-state index is -1.16. The lowest BCUT2D eigenvalue weighted by Gasteiger charge is -2.19. The van der Waals surface area contributed by atoms with E-state index in [1.54, 1.807) is 6.92 Å². The molecule has 0 saturated heterocycles. The molecule has 0 rings (SSSR count). The maximum absolute atomic E-state index is 10.1. The van der Waals surface area contributed by atoms with Crippen molar-refractivity contribution in [2.24, 2.45) is 0 Å². The molecule has 0 bridgehead atoms. The van der Waals surface area contributed by atoms with E-state index < -0.39 is 12.1 Å². The Bertz CT molecular complexity index is 128. The smallest absolute Gasteiger partial charge is 0.405 e. The minimum Gasteiger partial charge on any atom is -0.465 e. The van der Waals surface area contributed by atoms with E-state index in [1.165, 1.54) is 7.11 Å². The summed E-state index contributed by atoms with van der Waals surface area (Å²) in [6, 6.07) is -0.558. The first-order chi connectivity index (χ1) is 5.11. The summed E-state index contributed by atoms with van der Waals surface area (Å²) in [6.45, 7) is 1.41. The van der Waals surface area contributed by atoms with Crippen LogP contribution in [0.2, 0.25) is 0 Å². The fraction of sp³-hybridized carbons (Fsp3) is 0.833. The van der Waals surface area contributed by atoms with Crippen molar-refractivity contribution < 1.29 is 19.7 Å². The Balaban J connectivity index is 3.84. The second-order valence-corrected chi connectivity index (χ2v) is 2.18. The molecule has 3 N–H and O–H groups in total. The fourth-order valence-electron chi connectivity index (χ4n) is 0.634. The first-order valence-corrected chi connectivity index (χ1v) is 3.25. The van der Waals surface area contributed by atoms with E-state index in [-0.39, 0.29) is 12.7 Å². The molecule has 0 aromatic heterocycles. The van der Waals surface area contributed by atoms with Crippen molar-refractivity contribution >= 4 is 6.09 Å². The number of aliphatic hydroxyl groups excluding tert-OH is 1. The summed E-state index contributed by atoms with van der Waals surface area (Å²) in [4.78, 5) is 10.1. The summed E-state index contributed by atoms with van der Waals surface area (Å²) in [6.07, 6.45) is -1.48. The Morgan fingerprint density at radius 1 is 1.73 bits per heavy atom. The molecular formula is C6H13NO4. The van der Waals surface area contributed by atoms with E-state index in [1.807, 2.05) is 0 Å². The molecule has 0 aromatic rings. The standard InChI is InChI=1S/C6H13NO4/c1-4(11-2)5(3-8)7-6(9)10/h4-5,7-8H,3H2,1-2H3,(H,9,10)/t4-,5-/m1/s1. The normalized spacial score (nSPS) is 15.5. The number of amides is 1. The van der Waals surface area contributed by atoms with Crippen molar-refractivity contribution in [2.75, 3.05) is 13.7 Å². The van der Waals surface area contributed by atoms with Gasteiger partial charge >= 0.3 is 6.09 Å².